The Balaban J connectivity index is 1.98. The molecule has 0 amide bonds. The molecule has 0 radical (unpaired) electrons. The Kier molecular flexibility index (Phi) is 5.27. The van der Waals surface area contributed by atoms with Gasteiger partial charge in [0.05, 0.1) is 0 Å². The van der Waals surface area contributed by atoms with Crippen LogP contribution in [0.5, 0.6) is 0 Å². The van der Waals surface area contributed by atoms with Gasteiger partial charge in [0.15, 0.2) is 0 Å². The first-order valence-electron chi connectivity index (χ1n) is 8.26. The van der Waals surface area contributed by atoms with Crippen molar-refractivity contribution in [2.75, 3.05) is 32.7 Å². The van der Waals surface area contributed by atoms with Crippen LogP contribution >= 0.6 is 0 Å². The highest BCUT2D eigenvalue weighted by Crippen LogP contribution is 2.34. The van der Waals surface area contributed by atoms with Crippen LogP contribution in [-0.2, 0) is 0 Å². The smallest absolute Gasteiger partial charge is 0.0332 e. The van der Waals surface area contributed by atoms with Gasteiger partial charge in [-0.1, -0.05) is 19.8 Å². The van der Waals surface area contributed by atoms with Gasteiger partial charge in [0.1, 0.15) is 0 Å². The quantitative estimate of drug-likeness (QED) is 0.797. The zero-order valence-electron chi connectivity index (χ0n) is 13.2. The fourth-order valence-corrected chi connectivity index (χ4v) is 3.93. The van der Waals surface area contributed by atoms with Crippen molar-refractivity contribution in [2.24, 2.45) is 11.7 Å². The van der Waals surface area contributed by atoms with Gasteiger partial charge in [0, 0.05) is 44.3 Å². The number of rotatable bonds is 3. The van der Waals surface area contributed by atoms with Crippen molar-refractivity contribution in [3.8, 4) is 0 Å². The molecule has 2 rings (SSSR count). The molecular formula is C16H33N3. The Morgan fingerprint density at radius 3 is 2.37 bits per heavy atom. The van der Waals surface area contributed by atoms with Gasteiger partial charge in [0.2, 0.25) is 0 Å². The first kappa shape index (κ1) is 15.3. The summed E-state index contributed by atoms with van der Waals surface area (Å²) in [5.41, 5.74) is 6.54. The lowest BCUT2D eigenvalue weighted by Gasteiger charge is -2.48. The van der Waals surface area contributed by atoms with Crippen LogP contribution in [0, 0.1) is 5.92 Å². The second-order valence-corrected chi connectivity index (χ2v) is 7.08. The van der Waals surface area contributed by atoms with Crippen molar-refractivity contribution in [3.05, 3.63) is 0 Å². The summed E-state index contributed by atoms with van der Waals surface area (Å²) in [4.78, 5) is 5.32. The Bertz CT molecular complexity index is 271. The van der Waals surface area contributed by atoms with Gasteiger partial charge in [0.25, 0.3) is 0 Å². The maximum atomic E-state index is 6.22. The second-order valence-electron chi connectivity index (χ2n) is 7.08. The molecule has 1 aliphatic carbocycles. The minimum atomic E-state index is 0.313. The van der Waals surface area contributed by atoms with E-state index >= 15 is 0 Å². The third kappa shape index (κ3) is 3.50. The number of nitrogens with zero attached hydrogens (tertiary/aromatic N) is 2. The molecule has 1 saturated carbocycles. The molecule has 3 heteroatoms. The molecule has 1 heterocycles. The Labute approximate surface area is 119 Å². The van der Waals surface area contributed by atoms with Gasteiger partial charge >= 0.3 is 0 Å². The van der Waals surface area contributed by atoms with Crippen molar-refractivity contribution >= 4 is 0 Å². The van der Waals surface area contributed by atoms with Gasteiger partial charge in [-0.05, 0) is 39.0 Å². The van der Waals surface area contributed by atoms with Crippen LogP contribution in [-0.4, -0.2) is 54.1 Å². The van der Waals surface area contributed by atoms with E-state index < -0.39 is 0 Å². The maximum Gasteiger partial charge on any atom is 0.0332 e. The molecule has 2 atom stereocenters. The summed E-state index contributed by atoms with van der Waals surface area (Å²) in [7, 11) is 0. The summed E-state index contributed by atoms with van der Waals surface area (Å²) in [5.74, 6) is 0.894. The zero-order chi connectivity index (χ0) is 13.9. The predicted octanol–water partition coefficient (Wildman–Crippen LogP) is 2.31. The van der Waals surface area contributed by atoms with Crippen molar-refractivity contribution in [1.82, 2.24) is 9.80 Å². The first-order valence-corrected chi connectivity index (χ1v) is 8.26. The van der Waals surface area contributed by atoms with E-state index in [4.69, 9.17) is 5.73 Å². The van der Waals surface area contributed by atoms with E-state index in [2.05, 4.69) is 30.6 Å². The Hall–Kier alpha value is -0.120. The lowest BCUT2D eigenvalue weighted by molar-refractivity contribution is 0.0167. The summed E-state index contributed by atoms with van der Waals surface area (Å²) in [5, 5.41) is 0. The highest BCUT2D eigenvalue weighted by Gasteiger charge is 2.38. The zero-order valence-corrected chi connectivity index (χ0v) is 13.2. The first-order chi connectivity index (χ1) is 9.07. The van der Waals surface area contributed by atoms with Crippen LogP contribution in [0.15, 0.2) is 0 Å². The van der Waals surface area contributed by atoms with Crippen LogP contribution in [0.3, 0.4) is 0 Å². The van der Waals surface area contributed by atoms with E-state index in [1.165, 1.54) is 58.3 Å². The van der Waals surface area contributed by atoms with Crippen molar-refractivity contribution < 1.29 is 0 Å². The molecule has 112 valence electrons. The van der Waals surface area contributed by atoms with Gasteiger partial charge in [-0.3, -0.25) is 9.80 Å². The third-order valence-corrected chi connectivity index (χ3v) is 5.54. The topological polar surface area (TPSA) is 32.5 Å². The normalized spacial score (nSPS) is 35.5. The molecule has 2 unspecified atom stereocenters. The lowest BCUT2D eigenvalue weighted by Crippen LogP contribution is -2.60. The summed E-state index contributed by atoms with van der Waals surface area (Å²) < 4.78 is 0. The Morgan fingerprint density at radius 1 is 1.11 bits per heavy atom. The lowest BCUT2D eigenvalue weighted by atomic mass is 9.87. The Morgan fingerprint density at radius 2 is 1.79 bits per heavy atom. The van der Waals surface area contributed by atoms with Crippen LogP contribution in [0.2, 0.25) is 0 Å². The molecule has 2 fully saturated rings. The molecule has 1 saturated heterocycles. The molecule has 2 aliphatic rings. The standard InChI is InChI=1S/C16H33N3/c1-14(2)18-9-11-19(12-10-18)16(13-17)7-4-5-15(3)6-8-16/h14-15H,4-13,17H2,1-3H3. The molecule has 0 aromatic rings. The van der Waals surface area contributed by atoms with Crippen LogP contribution < -0.4 is 5.73 Å². The second kappa shape index (κ2) is 6.55. The molecule has 3 nitrogen and oxygen atoms in total. The van der Waals surface area contributed by atoms with E-state index in [1.54, 1.807) is 0 Å². The van der Waals surface area contributed by atoms with Gasteiger partial charge in [-0.15, -0.1) is 0 Å². The number of piperazine rings is 1. The summed E-state index contributed by atoms with van der Waals surface area (Å²) >= 11 is 0. The summed E-state index contributed by atoms with van der Waals surface area (Å²) in [6.07, 6.45) is 6.75. The molecule has 0 bridgehead atoms. The van der Waals surface area contributed by atoms with E-state index in [9.17, 15) is 0 Å². The van der Waals surface area contributed by atoms with E-state index in [-0.39, 0.29) is 0 Å². The van der Waals surface area contributed by atoms with Crippen LogP contribution in [0.25, 0.3) is 0 Å². The maximum absolute atomic E-state index is 6.22. The fourth-order valence-electron chi connectivity index (χ4n) is 3.93. The highest BCUT2D eigenvalue weighted by atomic mass is 15.3. The largest absolute Gasteiger partial charge is 0.329 e. The van der Waals surface area contributed by atoms with Gasteiger partial charge < -0.3 is 5.73 Å². The average Bonchev–Trinajstić information content (AvgIpc) is 2.61. The van der Waals surface area contributed by atoms with Crippen molar-refractivity contribution in [3.63, 3.8) is 0 Å². The molecule has 0 aromatic carbocycles. The van der Waals surface area contributed by atoms with E-state index in [0.29, 0.717) is 11.6 Å². The molecule has 1 aliphatic heterocycles. The SMILES string of the molecule is CC1CCCC(CN)(N2CCN(C(C)C)CC2)CC1. The van der Waals surface area contributed by atoms with Crippen molar-refractivity contribution in [1.29, 1.82) is 0 Å². The van der Waals surface area contributed by atoms with Crippen molar-refractivity contribution in [2.45, 2.75) is 64.5 Å². The number of nitrogens with two attached hydrogens (primary N) is 1. The summed E-state index contributed by atoms with van der Waals surface area (Å²) in [6, 6.07) is 0.685. The number of hydrogen-bond donors (Lipinski definition) is 1. The molecule has 0 aromatic heterocycles. The van der Waals surface area contributed by atoms with Crippen LogP contribution in [0.1, 0.15) is 52.9 Å². The molecular weight excluding hydrogens is 234 g/mol. The molecule has 0 spiro atoms. The van der Waals surface area contributed by atoms with E-state index in [1.807, 2.05) is 0 Å². The van der Waals surface area contributed by atoms with Crippen LogP contribution in [0.4, 0.5) is 0 Å². The van der Waals surface area contributed by atoms with Gasteiger partial charge in [-0.25, -0.2) is 0 Å². The summed E-state index contributed by atoms with van der Waals surface area (Å²) in [6.45, 7) is 12.7. The molecule has 19 heavy (non-hydrogen) atoms. The number of hydrogen-bond acceptors (Lipinski definition) is 3. The molecule has 2 N–H and O–H groups in total. The minimum Gasteiger partial charge on any atom is -0.329 e. The monoisotopic (exact) mass is 267 g/mol. The predicted molar refractivity (Wildman–Crippen MR) is 82.3 cm³/mol. The fraction of sp³-hybridized carbons (Fsp3) is 1.00. The minimum absolute atomic E-state index is 0.313. The van der Waals surface area contributed by atoms with E-state index in [0.717, 1.165) is 12.5 Å². The average molecular weight is 267 g/mol. The highest BCUT2D eigenvalue weighted by molar-refractivity contribution is 4.96. The third-order valence-electron chi connectivity index (χ3n) is 5.54. The van der Waals surface area contributed by atoms with Gasteiger partial charge in [-0.2, -0.15) is 0 Å².